The number of aromatic hydroxyl groups is 1. The molecule has 5 nitrogen and oxygen atoms in total. The van der Waals surface area contributed by atoms with Gasteiger partial charge >= 0.3 is 0 Å². The van der Waals surface area contributed by atoms with Crippen LogP contribution in [0.25, 0.3) is 0 Å². The summed E-state index contributed by atoms with van der Waals surface area (Å²) in [6, 6.07) is 5.98. The Morgan fingerprint density at radius 3 is 2.47 bits per heavy atom. The van der Waals surface area contributed by atoms with E-state index in [2.05, 4.69) is 10.6 Å². The van der Waals surface area contributed by atoms with Crippen LogP contribution in [-0.2, 0) is 9.84 Å². The number of thiocarbonyl (C=S) groups is 1. The smallest absolute Gasteiger partial charge is 0.171 e. The lowest BCUT2D eigenvalue weighted by molar-refractivity contribution is 0.475. The zero-order chi connectivity index (χ0) is 14.0. The molecule has 2 unspecified atom stereocenters. The van der Waals surface area contributed by atoms with Crippen LogP contribution in [0.1, 0.15) is 0 Å². The van der Waals surface area contributed by atoms with Crippen molar-refractivity contribution < 1.29 is 13.5 Å². The predicted molar refractivity (Wildman–Crippen MR) is 79.5 cm³/mol. The highest BCUT2D eigenvalue weighted by atomic mass is 35.5. The predicted octanol–water partition coefficient (Wildman–Crippen LogP) is 1.08. The minimum atomic E-state index is -3.08. The van der Waals surface area contributed by atoms with E-state index in [4.69, 9.17) is 28.9 Å². The number of alkyl halides is 1. The quantitative estimate of drug-likeness (QED) is 0.430. The van der Waals surface area contributed by atoms with Crippen molar-refractivity contribution in [1.82, 2.24) is 5.32 Å². The lowest BCUT2D eigenvalue weighted by Crippen LogP contribution is -2.42. The van der Waals surface area contributed by atoms with Crippen molar-refractivity contribution in [3.05, 3.63) is 24.3 Å². The third kappa shape index (κ3) is 3.95. The number of anilines is 1. The van der Waals surface area contributed by atoms with Crippen molar-refractivity contribution >= 4 is 44.5 Å². The molecule has 1 aliphatic heterocycles. The molecule has 1 aromatic rings. The van der Waals surface area contributed by atoms with Crippen LogP contribution in [0, 0.1) is 0 Å². The standard InChI is InChI=1S/C11H13ClN2O3S2/c12-9-5-19(16,17)6-10(9)14-11(18)13-7-1-3-8(15)4-2-7/h1-4,9-10,15H,5-6H2,(H2,13,14,18). The summed E-state index contributed by atoms with van der Waals surface area (Å²) < 4.78 is 22.8. The Morgan fingerprint density at radius 1 is 1.32 bits per heavy atom. The summed E-state index contributed by atoms with van der Waals surface area (Å²) >= 11 is 11.1. The molecule has 0 amide bonds. The summed E-state index contributed by atoms with van der Waals surface area (Å²) in [5.74, 6) is 0.110. The van der Waals surface area contributed by atoms with Gasteiger partial charge in [0, 0.05) is 5.69 Å². The second-order valence-corrected chi connectivity index (χ2v) is 7.47. The average molecular weight is 321 g/mol. The Labute approximate surface area is 121 Å². The van der Waals surface area contributed by atoms with Crippen LogP contribution in [0.4, 0.5) is 5.69 Å². The van der Waals surface area contributed by atoms with Crippen molar-refractivity contribution in [2.45, 2.75) is 11.4 Å². The first-order valence-corrected chi connectivity index (χ1v) is 8.23. The van der Waals surface area contributed by atoms with Gasteiger partial charge in [0.15, 0.2) is 14.9 Å². The highest BCUT2D eigenvalue weighted by Gasteiger charge is 2.36. The molecule has 2 atom stereocenters. The molecule has 0 radical (unpaired) electrons. The number of phenols is 1. The number of hydrogen-bond donors (Lipinski definition) is 3. The van der Waals surface area contributed by atoms with Crippen LogP contribution < -0.4 is 10.6 Å². The molecular weight excluding hydrogens is 308 g/mol. The molecule has 1 fully saturated rings. The molecule has 0 aromatic heterocycles. The van der Waals surface area contributed by atoms with Crippen LogP contribution >= 0.6 is 23.8 Å². The molecule has 3 N–H and O–H groups in total. The first-order chi connectivity index (χ1) is 8.85. The zero-order valence-electron chi connectivity index (χ0n) is 9.84. The third-order valence-electron chi connectivity index (χ3n) is 2.72. The molecule has 1 aromatic carbocycles. The van der Waals surface area contributed by atoms with Crippen LogP contribution in [0.5, 0.6) is 5.75 Å². The summed E-state index contributed by atoms with van der Waals surface area (Å²) in [4.78, 5) is 0. The van der Waals surface area contributed by atoms with Gasteiger partial charge in [-0.3, -0.25) is 0 Å². The van der Waals surface area contributed by atoms with Crippen molar-refractivity contribution in [3.8, 4) is 5.75 Å². The molecule has 1 saturated heterocycles. The molecule has 0 saturated carbocycles. The van der Waals surface area contributed by atoms with E-state index in [0.717, 1.165) is 0 Å². The number of sulfone groups is 1. The van der Waals surface area contributed by atoms with Gasteiger partial charge in [0.1, 0.15) is 5.75 Å². The second kappa shape index (κ2) is 5.52. The summed E-state index contributed by atoms with van der Waals surface area (Å²) in [6.45, 7) is 0. The van der Waals surface area contributed by atoms with Crippen LogP contribution in [0.3, 0.4) is 0 Å². The van der Waals surface area contributed by atoms with E-state index in [1.54, 1.807) is 12.1 Å². The third-order valence-corrected chi connectivity index (χ3v) is 5.32. The zero-order valence-corrected chi connectivity index (χ0v) is 12.2. The van der Waals surface area contributed by atoms with Gasteiger partial charge in [-0.1, -0.05) is 0 Å². The number of nitrogens with one attached hydrogen (secondary N) is 2. The van der Waals surface area contributed by atoms with Crippen molar-refractivity contribution in [2.24, 2.45) is 0 Å². The minimum Gasteiger partial charge on any atom is -0.508 e. The molecule has 19 heavy (non-hydrogen) atoms. The Morgan fingerprint density at radius 2 is 1.95 bits per heavy atom. The maximum atomic E-state index is 11.4. The van der Waals surface area contributed by atoms with Gasteiger partial charge in [0.25, 0.3) is 0 Å². The number of halogens is 1. The molecular formula is C11H13ClN2O3S2. The minimum absolute atomic E-state index is 0.0153. The van der Waals surface area contributed by atoms with Gasteiger partial charge in [0.05, 0.1) is 22.9 Å². The van der Waals surface area contributed by atoms with Gasteiger partial charge in [0.2, 0.25) is 0 Å². The fraction of sp³-hybridized carbons (Fsp3) is 0.364. The monoisotopic (exact) mass is 320 g/mol. The maximum absolute atomic E-state index is 11.4. The fourth-order valence-electron chi connectivity index (χ4n) is 1.82. The van der Waals surface area contributed by atoms with Crippen molar-refractivity contribution in [1.29, 1.82) is 0 Å². The summed E-state index contributed by atoms with van der Waals surface area (Å²) in [5, 5.41) is 14.8. The Kier molecular flexibility index (Phi) is 4.17. The van der Waals surface area contributed by atoms with Gasteiger partial charge in [-0.2, -0.15) is 0 Å². The molecule has 0 spiro atoms. The molecule has 0 bridgehead atoms. The first kappa shape index (κ1) is 14.4. The van der Waals surface area contributed by atoms with E-state index in [1.807, 2.05) is 0 Å². The molecule has 0 aliphatic carbocycles. The summed E-state index contributed by atoms with van der Waals surface area (Å²) in [5.41, 5.74) is 0.697. The van der Waals surface area contributed by atoms with Gasteiger partial charge in [-0.15, -0.1) is 11.6 Å². The Balaban J connectivity index is 1.93. The maximum Gasteiger partial charge on any atom is 0.171 e. The average Bonchev–Trinajstić information content (AvgIpc) is 2.55. The van der Waals surface area contributed by atoms with E-state index >= 15 is 0 Å². The first-order valence-electron chi connectivity index (χ1n) is 5.57. The van der Waals surface area contributed by atoms with Crippen molar-refractivity contribution in [2.75, 3.05) is 16.8 Å². The fourth-order valence-corrected chi connectivity index (χ4v) is 4.64. The van der Waals surface area contributed by atoms with E-state index in [1.165, 1.54) is 12.1 Å². The van der Waals surface area contributed by atoms with Gasteiger partial charge < -0.3 is 15.7 Å². The van der Waals surface area contributed by atoms with E-state index < -0.39 is 15.2 Å². The molecule has 104 valence electrons. The van der Waals surface area contributed by atoms with E-state index in [-0.39, 0.29) is 23.3 Å². The number of rotatable bonds is 2. The van der Waals surface area contributed by atoms with Crippen LogP contribution in [0.15, 0.2) is 24.3 Å². The lowest BCUT2D eigenvalue weighted by atomic mass is 10.2. The number of benzene rings is 1. The molecule has 8 heteroatoms. The molecule has 1 aliphatic rings. The van der Waals surface area contributed by atoms with Gasteiger partial charge in [-0.25, -0.2) is 8.42 Å². The highest BCUT2D eigenvalue weighted by Crippen LogP contribution is 2.18. The number of hydrogen-bond acceptors (Lipinski definition) is 4. The number of phenolic OH excluding ortho intramolecular Hbond substituents is 1. The lowest BCUT2D eigenvalue weighted by Gasteiger charge is -2.17. The van der Waals surface area contributed by atoms with Crippen molar-refractivity contribution in [3.63, 3.8) is 0 Å². The largest absolute Gasteiger partial charge is 0.508 e. The Bertz CT molecular complexity index is 574. The highest BCUT2D eigenvalue weighted by molar-refractivity contribution is 7.91. The molecule has 1 heterocycles. The summed E-state index contributed by atoms with van der Waals surface area (Å²) in [7, 11) is -3.08. The van der Waals surface area contributed by atoms with Gasteiger partial charge in [-0.05, 0) is 36.5 Å². The summed E-state index contributed by atoms with van der Waals surface area (Å²) in [6.07, 6.45) is 0. The SMILES string of the molecule is O=S1(=O)CC(Cl)C(NC(=S)Nc2ccc(O)cc2)C1. The molecule has 2 rings (SSSR count). The topological polar surface area (TPSA) is 78.4 Å². The normalized spacial score (nSPS) is 24.9. The second-order valence-electron chi connectivity index (χ2n) is 4.34. The Hall–Kier alpha value is -1.05. The van der Waals surface area contributed by atoms with Crippen LogP contribution in [-0.4, -0.2) is 41.6 Å². The van der Waals surface area contributed by atoms with E-state index in [9.17, 15) is 8.42 Å². The van der Waals surface area contributed by atoms with E-state index in [0.29, 0.717) is 10.8 Å². The van der Waals surface area contributed by atoms with Crippen LogP contribution in [0.2, 0.25) is 0 Å².